The molecule has 0 unspecified atom stereocenters. The minimum atomic E-state index is -0.165. The summed E-state index contributed by atoms with van der Waals surface area (Å²) in [6.45, 7) is 0. The van der Waals surface area contributed by atoms with Gasteiger partial charge in [0, 0.05) is 17.4 Å². The van der Waals surface area contributed by atoms with Crippen LogP contribution in [0.2, 0.25) is 0 Å². The van der Waals surface area contributed by atoms with E-state index in [1.165, 1.54) is 0 Å². The van der Waals surface area contributed by atoms with Crippen LogP contribution in [0.1, 0.15) is 21.6 Å². The molecule has 0 bridgehead atoms. The minimum absolute atomic E-state index is 0.165. The normalized spacial score (nSPS) is 10.6. The number of methoxy groups -OCH3 is 1. The molecule has 0 spiro atoms. The zero-order chi connectivity index (χ0) is 17.5. The first-order valence-corrected chi connectivity index (χ1v) is 7.90. The predicted octanol–water partition coefficient (Wildman–Crippen LogP) is 4.51. The lowest BCUT2D eigenvalue weighted by Gasteiger charge is -2.09. The molecule has 0 radical (unpaired) electrons. The van der Waals surface area contributed by atoms with E-state index in [0.717, 1.165) is 22.7 Å². The zero-order valence-electron chi connectivity index (χ0n) is 13.8. The van der Waals surface area contributed by atoms with E-state index in [1.807, 2.05) is 54.6 Å². The van der Waals surface area contributed by atoms with Crippen molar-refractivity contribution in [2.24, 2.45) is 0 Å². The monoisotopic (exact) mass is 330 g/mol. The molecule has 1 aromatic heterocycles. The summed E-state index contributed by atoms with van der Waals surface area (Å²) in [5.41, 5.74) is 3.09. The van der Waals surface area contributed by atoms with Gasteiger partial charge in [0.2, 0.25) is 0 Å². The Bertz CT molecular complexity index is 872. The molecule has 3 rings (SSSR count). The molecule has 0 aliphatic rings. The fraction of sp³-hybridized carbons (Fsp3) is 0.0476. The molecular weight excluding hydrogens is 312 g/mol. The fourth-order valence-electron chi connectivity index (χ4n) is 2.34. The van der Waals surface area contributed by atoms with Gasteiger partial charge in [-0.2, -0.15) is 0 Å². The fourth-order valence-corrected chi connectivity index (χ4v) is 2.34. The van der Waals surface area contributed by atoms with E-state index in [9.17, 15) is 4.79 Å². The molecule has 0 atom stereocenters. The highest BCUT2D eigenvalue weighted by molar-refractivity contribution is 6.05. The molecule has 2 aromatic carbocycles. The van der Waals surface area contributed by atoms with Gasteiger partial charge in [-0.3, -0.25) is 9.78 Å². The van der Waals surface area contributed by atoms with Crippen molar-refractivity contribution in [3.63, 3.8) is 0 Å². The Balaban J connectivity index is 1.78. The number of benzene rings is 2. The largest absolute Gasteiger partial charge is 0.497 e. The molecule has 3 aromatic rings. The van der Waals surface area contributed by atoms with E-state index < -0.39 is 0 Å². The number of pyridine rings is 1. The molecule has 25 heavy (non-hydrogen) atoms. The first kappa shape index (κ1) is 16.5. The van der Waals surface area contributed by atoms with E-state index in [2.05, 4.69) is 10.3 Å². The van der Waals surface area contributed by atoms with Crippen molar-refractivity contribution in [2.75, 3.05) is 12.4 Å². The molecule has 0 aliphatic carbocycles. The molecule has 0 aliphatic heterocycles. The number of anilines is 1. The number of amides is 1. The Labute approximate surface area is 146 Å². The Morgan fingerprint density at radius 2 is 1.72 bits per heavy atom. The average Bonchev–Trinajstić information content (AvgIpc) is 2.68. The molecule has 1 N–H and O–H groups in total. The number of aromatic nitrogens is 1. The van der Waals surface area contributed by atoms with Crippen molar-refractivity contribution < 1.29 is 9.53 Å². The van der Waals surface area contributed by atoms with Crippen molar-refractivity contribution in [2.45, 2.75) is 0 Å². The topological polar surface area (TPSA) is 51.2 Å². The predicted molar refractivity (Wildman–Crippen MR) is 101 cm³/mol. The van der Waals surface area contributed by atoms with Gasteiger partial charge in [0.1, 0.15) is 5.75 Å². The summed E-state index contributed by atoms with van der Waals surface area (Å²) in [5, 5.41) is 2.95. The van der Waals surface area contributed by atoms with Crippen LogP contribution in [0.25, 0.3) is 12.2 Å². The average molecular weight is 330 g/mol. The highest BCUT2D eigenvalue weighted by atomic mass is 16.5. The second-order valence-electron chi connectivity index (χ2n) is 5.36. The molecule has 0 saturated carbocycles. The van der Waals surface area contributed by atoms with E-state index in [-0.39, 0.29) is 5.91 Å². The number of ether oxygens (including phenoxy) is 1. The highest BCUT2D eigenvalue weighted by Gasteiger charge is 2.08. The second kappa shape index (κ2) is 7.93. The molecular formula is C21H18N2O2. The molecule has 4 heteroatoms. The lowest BCUT2D eigenvalue weighted by atomic mass is 10.1. The Morgan fingerprint density at radius 3 is 2.44 bits per heavy atom. The van der Waals surface area contributed by atoms with Crippen molar-refractivity contribution in [1.29, 1.82) is 0 Å². The number of rotatable bonds is 5. The van der Waals surface area contributed by atoms with Crippen molar-refractivity contribution >= 4 is 23.7 Å². The van der Waals surface area contributed by atoms with Gasteiger partial charge in [0.15, 0.2) is 0 Å². The zero-order valence-corrected chi connectivity index (χ0v) is 13.8. The lowest BCUT2D eigenvalue weighted by Crippen LogP contribution is -2.12. The highest BCUT2D eigenvalue weighted by Crippen LogP contribution is 2.19. The Morgan fingerprint density at radius 1 is 0.960 bits per heavy atom. The van der Waals surface area contributed by atoms with E-state index in [1.54, 1.807) is 37.6 Å². The minimum Gasteiger partial charge on any atom is -0.497 e. The second-order valence-corrected chi connectivity index (χ2v) is 5.36. The number of nitrogens with one attached hydrogen (secondary N) is 1. The summed E-state index contributed by atoms with van der Waals surface area (Å²) in [4.78, 5) is 16.7. The van der Waals surface area contributed by atoms with Crippen LogP contribution in [0.5, 0.6) is 5.75 Å². The van der Waals surface area contributed by atoms with Gasteiger partial charge in [-0.15, -0.1) is 0 Å². The van der Waals surface area contributed by atoms with Gasteiger partial charge in [-0.1, -0.05) is 30.3 Å². The van der Waals surface area contributed by atoms with E-state index >= 15 is 0 Å². The Hall–Kier alpha value is -3.40. The summed E-state index contributed by atoms with van der Waals surface area (Å²) in [5.74, 6) is 0.552. The maximum atomic E-state index is 12.5. The number of nitrogens with zero attached hydrogens (tertiary/aromatic N) is 1. The van der Waals surface area contributed by atoms with Gasteiger partial charge in [0.25, 0.3) is 5.91 Å². The third kappa shape index (κ3) is 4.32. The number of carbonyl (C=O) groups is 1. The lowest BCUT2D eigenvalue weighted by molar-refractivity contribution is 0.102. The maximum Gasteiger partial charge on any atom is 0.255 e. The number of para-hydroxylation sites is 1. The Kier molecular flexibility index (Phi) is 5.22. The van der Waals surface area contributed by atoms with Crippen LogP contribution in [0.4, 0.5) is 5.69 Å². The van der Waals surface area contributed by atoms with Gasteiger partial charge in [0.05, 0.1) is 12.8 Å². The van der Waals surface area contributed by atoms with Gasteiger partial charge in [-0.05, 0) is 54.1 Å². The van der Waals surface area contributed by atoms with Crippen LogP contribution in [0.15, 0.2) is 72.9 Å². The van der Waals surface area contributed by atoms with Crippen LogP contribution in [0, 0.1) is 0 Å². The molecule has 1 heterocycles. The third-order valence-corrected chi connectivity index (χ3v) is 3.68. The molecule has 0 saturated heterocycles. The summed E-state index contributed by atoms with van der Waals surface area (Å²) in [6, 6.07) is 20.4. The van der Waals surface area contributed by atoms with Crippen molar-refractivity contribution in [3.8, 4) is 5.75 Å². The van der Waals surface area contributed by atoms with Crippen LogP contribution < -0.4 is 10.1 Å². The summed E-state index contributed by atoms with van der Waals surface area (Å²) < 4.78 is 5.11. The van der Waals surface area contributed by atoms with Gasteiger partial charge >= 0.3 is 0 Å². The van der Waals surface area contributed by atoms with Crippen LogP contribution in [-0.2, 0) is 0 Å². The van der Waals surface area contributed by atoms with Gasteiger partial charge < -0.3 is 10.1 Å². The number of hydrogen-bond acceptors (Lipinski definition) is 3. The first-order chi connectivity index (χ1) is 12.3. The van der Waals surface area contributed by atoms with Crippen molar-refractivity contribution in [3.05, 3.63) is 89.7 Å². The standard InChI is InChI=1S/C21H18N2O2/c1-25-19-13-10-17(11-14-19)21(24)23-20-8-3-2-6-16(20)9-12-18-7-4-5-15-22-18/h2-15H,1H3,(H,23,24). The smallest absolute Gasteiger partial charge is 0.255 e. The third-order valence-electron chi connectivity index (χ3n) is 3.68. The van der Waals surface area contributed by atoms with Crippen LogP contribution in [0.3, 0.4) is 0 Å². The summed E-state index contributed by atoms with van der Waals surface area (Å²) in [6.07, 6.45) is 5.60. The van der Waals surface area contributed by atoms with E-state index in [4.69, 9.17) is 4.74 Å². The molecule has 0 fully saturated rings. The molecule has 124 valence electrons. The quantitative estimate of drug-likeness (QED) is 0.748. The maximum absolute atomic E-state index is 12.5. The molecule has 1 amide bonds. The van der Waals surface area contributed by atoms with Crippen LogP contribution in [-0.4, -0.2) is 18.0 Å². The SMILES string of the molecule is COc1ccc(C(=O)Nc2ccccc2C=Cc2ccccn2)cc1. The molecule has 4 nitrogen and oxygen atoms in total. The van der Waals surface area contributed by atoms with Crippen LogP contribution >= 0.6 is 0 Å². The number of carbonyl (C=O) groups excluding carboxylic acids is 1. The van der Waals surface area contributed by atoms with E-state index in [0.29, 0.717) is 5.56 Å². The van der Waals surface area contributed by atoms with Crippen molar-refractivity contribution in [1.82, 2.24) is 4.98 Å². The first-order valence-electron chi connectivity index (χ1n) is 7.90. The summed E-state index contributed by atoms with van der Waals surface area (Å²) in [7, 11) is 1.60. The summed E-state index contributed by atoms with van der Waals surface area (Å²) >= 11 is 0. The van der Waals surface area contributed by atoms with Gasteiger partial charge in [-0.25, -0.2) is 0 Å². The number of hydrogen-bond donors (Lipinski definition) is 1.